The number of halogens is 1. The van der Waals surface area contributed by atoms with E-state index in [2.05, 4.69) is 32.4 Å². The van der Waals surface area contributed by atoms with Crippen molar-refractivity contribution in [1.82, 2.24) is 14.9 Å². The van der Waals surface area contributed by atoms with Gasteiger partial charge in [0.15, 0.2) is 5.11 Å². The first-order valence-electron chi connectivity index (χ1n) is 10.8. The van der Waals surface area contributed by atoms with Gasteiger partial charge in [-0.25, -0.2) is 9.40 Å². The van der Waals surface area contributed by atoms with Crippen LogP contribution in [0.1, 0.15) is 13.3 Å². The third-order valence-electron chi connectivity index (χ3n) is 5.61. The van der Waals surface area contributed by atoms with E-state index in [9.17, 15) is 9.65 Å². The first kappa shape index (κ1) is 22.1. The first-order chi connectivity index (χ1) is 15.6. The maximum absolute atomic E-state index is 14.0. The van der Waals surface area contributed by atoms with E-state index in [1.807, 2.05) is 31.4 Å². The molecule has 2 aliphatic heterocycles. The van der Waals surface area contributed by atoms with Crippen LogP contribution in [0.4, 0.5) is 10.1 Å². The molecule has 0 saturated carbocycles. The van der Waals surface area contributed by atoms with Gasteiger partial charge in [0.2, 0.25) is 0 Å². The van der Waals surface area contributed by atoms with Gasteiger partial charge in [0, 0.05) is 32.4 Å². The van der Waals surface area contributed by atoms with Gasteiger partial charge in [-0.1, -0.05) is 18.2 Å². The van der Waals surface area contributed by atoms with E-state index in [0.29, 0.717) is 29.5 Å². The van der Waals surface area contributed by atoms with Gasteiger partial charge in [-0.05, 0) is 61.5 Å². The molecule has 0 spiro atoms. The molecule has 2 heterocycles. The summed E-state index contributed by atoms with van der Waals surface area (Å²) in [6.45, 7) is 5.58. The number of hydrazine groups is 1. The van der Waals surface area contributed by atoms with E-state index in [1.54, 1.807) is 18.2 Å². The monoisotopic (exact) mass is 451 g/mol. The van der Waals surface area contributed by atoms with Crippen molar-refractivity contribution in [2.45, 2.75) is 19.4 Å². The number of thiocarbonyl (C=S) groups is 1. The molecule has 8 heteroatoms. The SMILES string of the molecule is CCOC1=CC2=CC(C#N)=CN(N3CCCN(C(=S)Nc4ccccc4F)CC3)C2C=C1. The van der Waals surface area contributed by atoms with E-state index >= 15 is 0 Å². The number of allylic oxidation sites excluding steroid dienone is 3. The molecule has 6 nitrogen and oxygen atoms in total. The summed E-state index contributed by atoms with van der Waals surface area (Å²) in [4.78, 5) is 2.07. The van der Waals surface area contributed by atoms with Crippen LogP contribution < -0.4 is 5.32 Å². The van der Waals surface area contributed by atoms with Crippen molar-refractivity contribution in [3.8, 4) is 6.07 Å². The maximum atomic E-state index is 14.0. The van der Waals surface area contributed by atoms with Crippen molar-refractivity contribution >= 4 is 23.0 Å². The zero-order valence-electron chi connectivity index (χ0n) is 18.0. The highest BCUT2D eigenvalue weighted by molar-refractivity contribution is 7.80. The lowest BCUT2D eigenvalue weighted by Crippen LogP contribution is -2.49. The van der Waals surface area contributed by atoms with Gasteiger partial charge in [-0.3, -0.25) is 0 Å². The van der Waals surface area contributed by atoms with Gasteiger partial charge in [-0.2, -0.15) is 5.26 Å². The van der Waals surface area contributed by atoms with E-state index in [0.717, 1.165) is 37.4 Å². The van der Waals surface area contributed by atoms with Gasteiger partial charge >= 0.3 is 0 Å². The van der Waals surface area contributed by atoms with Crippen LogP contribution in [0.25, 0.3) is 0 Å². The molecule has 4 rings (SSSR count). The molecule has 0 aromatic heterocycles. The van der Waals surface area contributed by atoms with Crippen LogP contribution in [0.3, 0.4) is 0 Å². The zero-order chi connectivity index (χ0) is 22.5. The third kappa shape index (κ3) is 4.85. The summed E-state index contributed by atoms with van der Waals surface area (Å²) >= 11 is 5.56. The molecule has 1 aliphatic carbocycles. The Labute approximate surface area is 193 Å². The molecule has 1 aromatic rings. The van der Waals surface area contributed by atoms with Crippen molar-refractivity contribution in [2.24, 2.45) is 0 Å². The minimum atomic E-state index is -0.323. The van der Waals surface area contributed by atoms with Crippen molar-refractivity contribution in [3.63, 3.8) is 0 Å². The van der Waals surface area contributed by atoms with Gasteiger partial charge in [0.25, 0.3) is 0 Å². The predicted molar refractivity (Wildman–Crippen MR) is 127 cm³/mol. The summed E-state index contributed by atoms with van der Waals surface area (Å²) in [7, 11) is 0. The average Bonchev–Trinajstić information content (AvgIpc) is 3.06. The van der Waals surface area contributed by atoms with E-state index in [4.69, 9.17) is 17.0 Å². The Balaban J connectivity index is 1.45. The fraction of sp³-hybridized carbons (Fsp3) is 0.333. The number of hydrogen-bond acceptors (Lipinski definition) is 5. The lowest BCUT2D eigenvalue weighted by Gasteiger charge is -2.41. The van der Waals surface area contributed by atoms with E-state index in [-0.39, 0.29) is 11.9 Å². The number of anilines is 1. The summed E-state index contributed by atoms with van der Waals surface area (Å²) in [6.07, 6.45) is 10.8. The number of nitrogens with one attached hydrogen (secondary N) is 1. The fourth-order valence-corrected chi connectivity index (χ4v) is 4.36. The van der Waals surface area contributed by atoms with Crippen molar-refractivity contribution in [3.05, 3.63) is 77.5 Å². The highest BCUT2D eigenvalue weighted by atomic mass is 32.1. The van der Waals surface area contributed by atoms with Crippen LogP contribution in [0.15, 0.2) is 71.7 Å². The first-order valence-corrected chi connectivity index (χ1v) is 11.2. The summed E-state index contributed by atoms with van der Waals surface area (Å²) in [5.41, 5.74) is 2.03. The molecule has 0 amide bonds. The molecular formula is C24H26FN5OS. The topological polar surface area (TPSA) is 54.8 Å². The van der Waals surface area contributed by atoms with Crippen LogP contribution >= 0.6 is 12.2 Å². The molecular weight excluding hydrogens is 425 g/mol. The van der Waals surface area contributed by atoms with Gasteiger partial charge in [-0.15, -0.1) is 0 Å². The number of fused-ring (bicyclic) bond motifs is 1. The van der Waals surface area contributed by atoms with Crippen LogP contribution in [-0.4, -0.2) is 58.9 Å². The highest BCUT2D eigenvalue weighted by Gasteiger charge is 2.30. The molecule has 3 aliphatic rings. The van der Waals surface area contributed by atoms with Gasteiger partial charge in [0.1, 0.15) is 17.6 Å². The lowest BCUT2D eigenvalue weighted by atomic mass is 9.95. The normalized spacial score (nSPS) is 20.9. The molecule has 32 heavy (non-hydrogen) atoms. The molecule has 1 N–H and O–H groups in total. The summed E-state index contributed by atoms with van der Waals surface area (Å²) < 4.78 is 19.6. The molecule has 1 aromatic carbocycles. The molecule has 1 atom stereocenters. The summed E-state index contributed by atoms with van der Waals surface area (Å²) in [6, 6.07) is 8.83. The summed E-state index contributed by atoms with van der Waals surface area (Å²) in [5, 5.41) is 17.5. The molecule has 1 unspecified atom stereocenters. The Hall–Kier alpha value is -3.15. The average molecular weight is 452 g/mol. The number of benzene rings is 1. The van der Waals surface area contributed by atoms with Crippen LogP contribution in [0.5, 0.6) is 0 Å². The second kappa shape index (κ2) is 9.98. The standard InChI is InChI=1S/C24H26FN5OS/c1-2-31-20-8-9-23-19(15-20)14-18(16-26)17-30(23)29-11-5-10-28(12-13-29)24(32)27-22-7-4-3-6-21(22)25/h3-4,6-9,14-15,17,23H,2,5,10-13H2,1H3,(H,27,32). The highest BCUT2D eigenvalue weighted by Crippen LogP contribution is 2.29. The quantitative estimate of drug-likeness (QED) is 0.696. The number of rotatable bonds is 4. The molecule has 0 radical (unpaired) electrons. The largest absolute Gasteiger partial charge is 0.494 e. The fourth-order valence-electron chi connectivity index (χ4n) is 4.07. The summed E-state index contributed by atoms with van der Waals surface area (Å²) in [5.74, 6) is 0.484. The van der Waals surface area contributed by atoms with Crippen molar-refractivity contribution in [1.29, 1.82) is 5.26 Å². The third-order valence-corrected chi connectivity index (χ3v) is 5.97. The van der Waals surface area contributed by atoms with Gasteiger partial charge in [0.05, 0.1) is 23.9 Å². The number of para-hydroxylation sites is 1. The van der Waals surface area contributed by atoms with Crippen molar-refractivity contribution in [2.75, 3.05) is 38.1 Å². The second-order valence-electron chi connectivity index (χ2n) is 7.71. The Morgan fingerprint density at radius 2 is 2.09 bits per heavy atom. The second-order valence-corrected chi connectivity index (χ2v) is 8.10. The Morgan fingerprint density at radius 3 is 2.88 bits per heavy atom. The lowest BCUT2D eigenvalue weighted by molar-refractivity contribution is 0.0124. The van der Waals surface area contributed by atoms with Crippen molar-refractivity contribution < 1.29 is 9.13 Å². The molecule has 1 saturated heterocycles. The number of hydrogen-bond donors (Lipinski definition) is 1. The van der Waals surface area contributed by atoms with Crippen LogP contribution in [0, 0.1) is 17.1 Å². The van der Waals surface area contributed by atoms with E-state index < -0.39 is 0 Å². The van der Waals surface area contributed by atoms with Gasteiger partial charge < -0.3 is 20.0 Å². The number of ether oxygens (including phenoxy) is 1. The number of nitrogens with zero attached hydrogens (tertiary/aromatic N) is 4. The molecule has 166 valence electrons. The van der Waals surface area contributed by atoms with E-state index in [1.165, 1.54) is 6.07 Å². The minimum Gasteiger partial charge on any atom is -0.494 e. The minimum absolute atomic E-state index is 0.0198. The number of nitriles is 1. The molecule has 0 bridgehead atoms. The smallest absolute Gasteiger partial charge is 0.173 e. The Kier molecular flexibility index (Phi) is 6.88. The van der Waals surface area contributed by atoms with Crippen LogP contribution in [0.2, 0.25) is 0 Å². The maximum Gasteiger partial charge on any atom is 0.173 e. The predicted octanol–water partition coefficient (Wildman–Crippen LogP) is 3.95. The van der Waals surface area contributed by atoms with Crippen LogP contribution in [-0.2, 0) is 4.74 Å². The Bertz CT molecular complexity index is 1040. The zero-order valence-corrected chi connectivity index (χ0v) is 18.8. The Morgan fingerprint density at radius 1 is 1.25 bits per heavy atom. The molecule has 1 fully saturated rings.